The largest absolute Gasteiger partial charge is 0.756 e. The van der Waals surface area contributed by atoms with Gasteiger partial charge in [-0.2, -0.15) is 0 Å². The topological polar surface area (TPSA) is 108 Å². The Labute approximate surface area is 484 Å². The van der Waals surface area contributed by atoms with Crippen LogP contribution in [0, 0.1) is 0 Å². The zero-order valence-electron chi connectivity index (χ0n) is 52.1. The second-order valence-corrected chi connectivity index (χ2v) is 25.2. The second kappa shape index (κ2) is 59.6. The van der Waals surface area contributed by atoms with E-state index in [2.05, 4.69) is 79.9 Å². The SMILES string of the molecule is CCCCCCC/C=C\C/C=C\C/C=C\CCCCCCCCCCCCCCCCCCCCCCCCCCCCC(=O)NC(COP(=O)([O-])OCC[N+](C)(C)C)C(O)/C=C/CC/C=C/CC/C=C/CCCCCCC. The lowest BCUT2D eigenvalue weighted by Crippen LogP contribution is -2.45. The number of rotatable bonds is 61. The van der Waals surface area contributed by atoms with Crippen molar-refractivity contribution in [2.45, 2.75) is 321 Å². The molecule has 8 nitrogen and oxygen atoms in total. The van der Waals surface area contributed by atoms with Gasteiger partial charge in [0.25, 0.3) is 7.82 Å². The molecule has 0 aromatic heterocycles. The summed E-state index contributed by atoms with van der Waals surface area (Å²) in [7, 11) is 1.24. The van der Waals surface area contributed by atoms with Crippen molar-refractivity contribution in [1.82, 2.24) is 5.32 Å². The first-order chi connectivity index (χ1) is 38.0. The molecule has 456 valence electrons. The summed E-state index contributed by atoms with van der Waals surface area (Å²) < 4.78 is 23.3. The van der Waals surface area contributed by atoms with Gasteiger partial charge in [0.1, 0.15) is 13.2 Å². The first kappa shape index (κ1) is 75.9. The van der Waals surface area contributed by atoms with Gasteiger partial charge >= 0.3 is 0 Å². The summed E-state index contributed by atoms with van der Waals surface area (Å²) in [5.74, 6) is -0.208. The molecule has 78 heavy (non-hydrogen) atoms. The van der Waals surface area contributed by atoms with Crippen LogP contribution in [0.4, 0.5) is 0 Å². The van der Waals surface area contributed by atoms with Crippen LogP contribution < -0.4 is 10.2 Å². The van der Waals surface area contributed by atoms with Crippen LogP contribution in [0.15, 0.2) is 72.9 Å². The van der Waals surface area contributed by atoms with E-state index in [4.69, 9.17) is 9.05 Å². The maximum absolute atomic E-state index is 13.0. The van der Waals surface area contributed by atoms with E-state index in [0.29, 0.717) is 17.4 Å². The number of hydrogen-bond acceptors (Lipinski definition) is 6. The number of amides is 1. The Hall–Kier alpha value is -2.06. The highest BCUT2D eigenvalue weighted by atomic mass is 31.2. The molecule has 3 unspecified atom stereocenters. The summed E-state index contributed by atoms with van der Waals surface area (Å²) in [6.45, 7) is 4.61. The summed E-state index contributed by atoms with van der Waals surface area (Å²) in [6.07, 6.45) is 83.2. The minimum Gasteiger partial charge on any atom is -0.756 e. The van der Waals surface area contributed by atoms with Crippen LogP contribution in [-0.2, 0) is 18.4 Å². The molecule has 0 bridgehead atoms. The van der Waals surface area contributed by atoms with E-state index < -0.39 is 26.6 Å². The molecule has 0 rings (SSSR count). The van der Waals surface area contributed by atoms with Crippen LogP contribution in [0.3, 0.4) is 0 Å². The first-order valence-electron chi connectivity index (χ1n) is 33.3. The molecule has 0 aliphatic heterocycles. The Kier molecular flexibility index (Phi) is 58.0. The van der Waals surface area contributed by atoms with Crippen LogP contribution in [0.2, 0.25) is 0 Å². The Morgan fingerprint density at radius 1 is 0.449 bits per heavy atom. The predicted octanol–water partition coefficient (Wildman–Crippen LogP) is 20.4. The van der Waals surface area contributed by atoms with E-state index in [0.717, 1.165) is 57.8 Å². The van der Waals surface area contributed by atoms with Gasteiger partial charge in [-0.3, -0.25) is 9.36 Å². The van der Waals surface area contributed by atoms with Gasteiger partial charge in [0.15, 0.2) is 0 Å². The van der Waals surface area contributed by atoms with Crippen molar-refractivity contribution >= 4 is 13.7 Å². The fourth-order valence-corrected chi connectivity index (χ4v) is 10.4. The third-order valence-corrected chi connectivity index (χ3v) is 15.8. The first-order valence-corrected chi connectivity index (χ1v) is 34.8. The van der Waals surface area contributed by atoms with Crippen LogP contribution in [0.5, 0.6) is 0 Å². The molecule has 0 aromatic carbocycles. The van der Waals surface area contributed by atoms with Crippen molar-refractivity contribution in [2.24, 2.45) is 0 Å². The number of likely N-dealkylation sites (N-methyl/N-ethyl adjacent to an activating group) is 1. The fraction of sp³-hybridized carbons (Fsp3) is 0.812. The average Bonchev–Trinajstić information content (AvgIpc) is 3.41. The lowest BCUT2D eigenvalue weighted by atomic mass is 10.0. The molecule has 0 heterocycles. The zero-order chi connectivity index (χ0) is 57.0. The smallest absolute Gasteiger partial charge is 0.268 e. The van der Waals surface area contributed by atoms with Crippen molar-refractivity contribution in [3.05, 3.63) is 72.9 Å². The number of phosphoric acid groups is 1. The number of hydrogen-bond donors (Lipinski definition) is 2. The molecular formula is C69H129N2O6P. The highest BCUT2D eigenvalue weighted by Gasteiger charge is 2.23. The summed E-state index contributed by atoms with van der Waals surface area (Å²) >= 11 is 0. The third kappa shape index (κ3) is 61.6. The molecule has 0 saturated carbocycles. The third-order valence-electron chi connectivity index (χ3n) is 14.9. The predicted molar refractivity (Wildman–Crippen MR) is 339 cm³/mol. The van der Waals surface area contributed by atoms with Crippen molar-refractivity contribution in [1.29, 1.82) is 0 Å². The number of unbranched alkanes of at least 4 members (excludes halogenated alkanes) is 38. The highest BCUT2D eigenvalue weighted by molar-refractivity contribution is 7.45. The number of quaternary nitrogens is 1. The van der Waals surface area contributed by atoms with E-state index in [-0.39, 0.29) is 12.5 Å². The molecule has 0 aromatic rings. The zero-order valence-corrected chi connectivity index (χ0v) is 53.0. The number of carbonyl (C=O) groups is 1. The maximum atomic E-state index is 13.0. The van der Waals surface area contributed by atoms with Crippen LogP contribution in [0.25, 0.3) is 0 Å². The summed E-state index contributed by atoms with van der Waals surface area (Å²) in [5.41, 5.74) is 0. The van der Waals surface area contributed by atoms with Crippen molar-refractivity contribution in [3.8, 4) is 0 Å². The fourth-order valence-electron chi connectivity index (χ4n) is 9.67. The summed E-state index contributed by atoms with van der Waals surface area (Å²) in [5, 5.41) is 13.9. The van der Waals surface area contributed by atoms with E-state index in [1.807, 2.05) is 27.2 Å². The second-order valence-electron chi connectivity index (χ2n) is 23.8. The molecule has 9 heteroatoms. The Bertz CT molecular complexity index is 1500. The molecule has 0 aliphatic rings. The van der Waals surface area contributed by atoms with E-state index >= 15 is 0 Å². The van der Waals surface area contributed by atoms with Gasteiger partial charge in [-0.15, -0.1) is 0 Å². The van der Waals surface area contributed by atoms with E-state index in [1.54, 1.807) is 6.08 Å². The Morgan fingerprint density at radius 2 is 0.756 bits per heavy atom. The van der Waals surface area contributed by atoms with Crippen molar-refractivity contribution in [3.63, 3.8) is 0 Å². The molecule has 1 amide bonds. The van der Waals surface area contributed by atoms with E-state index in [1.165, 1.54) is 231 Å². The molecule has 0 aliphatic carbocycles. The molecule has 3 atom stereocenters. The summed E-state index contributed by atoms with van der Waals surface area (Å²) in [6, 6.07) is -0.910. The lowest BCUT2D eigenvalue weighted by Gasteiger charge is -2.29. The van der Waals surface area contributed by atoms with Crippen LogP contribution in [0.1, 0.15) is 309 Å². The van der Waals surface area contributed by atoms with Gasteiger partial charge in [0.2, 0.25) is 5.91 Å². The minimum absolute atomic E-state index is 0.00929. The molecule has 0 radical (unpaired) electrons. The van der Waals surface area contributed by atoms with Gasteiger partial charge < -0.3 is 28.8 Å². The number of phosphoric ester groups is 1. The van der Waals surface area contributed by atoms with Crippen molar-refractivity contribution < 1.29 is 32.9 Å². The van der Waals surface area contributed by atoms with Crippen molar-refractivity contribution in [2.75, 3.05) is 40.9 Å². The Morgan fingerprint density at radius 3 is 1.13 bits per heavy atom. The average molecular weight is 1110 g/mol. The number of carbonyl (C=O) groups excluding carboxylic acids is 1. The quantitative estimate of drug-likeness (QED) is 0.0272. The Balaban J connectivity index is 3.90. The molecular weight excluding hydrogens is 984 g/mol. The monoisotopic (exact) mass is 1110 g/mol. The molecule has 2 N–H and O–H groups in total. The molecule has 0 saturated heterocycles. The van der Waals surface area contributed by atoms with Gasteiger partial charge in [0.05, 0.1) is 39.9 Å². The number of nitrogens with zero attached hydrogens (tertiary/aromatic N) is 1. The van der Waals surface area contributed by atoms with Gasteiger partial charge in [-0.25, -0.2) is 0 Å². The molecule has 0 fully saturated rings. The minimum atomic E-state index is -4.61. The standard InChI is InChI=1S/C69H129N2O6P/c1-6-8-10-12-14-16-18-20-22-23-24-25-26-27-28-29-30-31-32-33-34-35-36-37-38-39-40-41-42-43-44-45-46-47-49-51-53-55-57-59-61-63-69(73)70-67(66-77-78(74,75)76-65-64-71(3,4)5)68(72)62-60-58-56-54-52-50-48-21-19-17-15-13-11-9-7-2/h18-21,23-24,26-27,52,54,60,62,67-68,72H,6-17,22,25,28-51,53,55-59,61,63-66H2,1-5H3,(H-,70,73,74,75)/b20-18-,21-19+,24-23-,27-26-,54-52+,62-60+. The maximum Gasteiger partial charge on any atom is 0.268 e. The number of aliphatic hydroxyl groups excluding tert-OH is 1. The van der Waals surface area contributed by atoms with Crippen LogP contribution in [-0.4, -0.2) is 68.5 Å². The number of nitrogens with one attached hydrogen (secondary N) is 1. The lowest BCUT2D eigenvalue weighted by molar-refractivity contribution is -0.870. The van der Waals surface area contributed by atoms with Gasteiger partial charge in [0, 0.05) is 6.42 Å². The molecule has 0 spiro atoms. The highest BCUT2D eigenvalue weighted by Crippen LogP contribution is 2.38. The normalized spacial score (nSPS) is 14.2. The van der Waals surface area contributed by atoms with Crippen LogP contribution >= 0.6 is 7.82 Å². The summed E-state index contributed by atoms with van der Waals surface area (Å²) in [4.78, 5) is 25.5. The van der Waals surface area contributed by atoms with E-state index in [9.17, 15) is 19.4 Å². The van der Waals surface area contributed by atoms with Gasteiger partial charge in [-0.05, 0) is 83.5 Å². The number of allylic oxidation sites excluding steroid dienone is 11. The number of aliphatic hydroxyl groups is 1. The van der Waals surface area contributed by atoms with Gasteiger partial charge in [-0.1, -0.05) is 292 Å².